The lowest BCUT2D eigenvalue weighted by Gasteiger charge is -2.27. The Morgan fingerprint density at radius 2 is 1.96 bits per heavy atom. The number of piperazine rings is 1. The van der Waals surface area contributed by atoms with Crippen LogP contribution < -0.4 is 15.5 Å². The van der Waals surface area contributed by atoms with Crippen LogP contribution in [0.5, 0.6) is 0 Å². The van der Waals surface area contributed by atoms with Gasteiger partial charge in [0.2, 0.25) is 5.95 Å². The zero-order chi connectivity index (χ0) is 19.5. The number of H-pyrrole nitrogens is 1. The minimum Gasteiger partial charge on any atom is -0.353 e. The van der Waals surface area contributed by atoms with E-state index < -0.39 is 0 Å². The minimum absolute atomic E-state index is 0.241. The van der Waals surface area contributed by atoms with Crippen molar-refractivity contribution < 1.29 is 0 Å². The second-order valence-electron chi connectivity index (χ2n) is 6.86. The van der Waals surface area contributed by atoms with E-state index >= 15 is 0 Å². The van der Waals surface area contributed by atoms with Crippen molar-refractivity contribution in [1.29, 1.82) is 0 Å². The molecule has 0 unspecified atom stereocenters. The van der Waals surface area contributed by atoms with Crippen LogP contribution in [0.4, 0.5) is 17.6 Å². The van der Waals surface area contributed by atoms with Gasteiger partial charge >= 0.3 is 0 Å². The molecule has 1 aliphatic rings. The summed E-state index contributed by atoms with van der Waals surface area (Å²) in [5.41, 5.74) is 2.43. The summed E-state index contributed by atoms with van der Waals surface area (Å²) < 4.78 is 0. The SMILES string of the molecule is CC(C)c1[nH]nc(Cl)c1-c1ccnc(Nc2ccc(N3CCNCC3)nn2)n1. The molecule has 3 N–H and O–H groups in total. The number of halogens is 1. The number of aromatic nitrogens is 6. The van der Waals surface area contributed by atoms with Crippen LogP contribution in [0, 0.1) is 0 Å². The molecule has 1 aliphatic heterocycles. The van der Waals surface area contributed by atoms with Crippen LogP contribution in [0.2, 0.25) is 5.15 Å². The van der Waals surface area contributed by atoms with Crippen LogP contribution in [0.25, 0.3) is 11.3 Å². The topological polar surface area (TPSA) is 108 Å². The summed E-state index contributed by atoms with van der Waals surface area (Å²) >= 11 is 6.27. The number of hydrogen-bond acceptors (Lipinski definition) is 8. The highest BCUT2D eigenvalue weighted by atomic mass is 35.5. The molecule has 4 rings (SSSR count). The van der Waals surface area contributed by atoms with Gasteiger partial charge in [-0.3, -0.25) is 5.10 Å². The Hall–Kier alpha value is -2.78. The Kier molecular flexibility index (Phi) is 5.36. The van der Waals surface area contributed by atoms with Crippen molar-refractivity contribution in [2.24, 2.45) is 0 Å². The van der Waals surface area contributed by atoms with Crippen molar-refractivity contribution in [2.45, 2.75) is 19.8 Å². The maximum Gasteiger partial charge on any atom is 0.228 e. The summed E-state index contributed by atoms with van der Waals surface area (Å²) in [4.78, 5) is 11.1. The Morgan fingerprint density at radius 3 is 2.68 bits per heavy atom. The van der Waals surface area contributed by atoms with Crippen LogP contribution in [0.1, 0.15) is 25.5 Å². The van der Waals surface area contributed by atoms with Crippen molar-refractivity contribution in [3.8, 4) is 11.3 Å². The molecule has 0 amide bonds. The van der Waals surface area contributed by atoms with Gasteiger partial charge in [0.15, 0.2) is 16.8 Å². The fourth-order valence-electron chi connectivity index (χ4n) is 3.12. The molecule has 3 aromatic heterocycles. The monoisotopic (exact) mass is 399 g/mol. The van der Waals surface area contributed by atoms with Crippen molar-refractivity contribution >= 4 is 29.2 Å². The van der Waals surface area contributed by atoms with Gasteiger partial charge < -0.3 is 15.5 Å². The average Bonchev–Trinajstić information content (AvgIpc) is 3.11. The van der Waals surface area contributed by atoms with Crippen LogP contribution in [-0.4, -0.2) is 56.5 Å². The lowest BCUT2D eigenvalue weighted by molar-refractivity contribution is 0.583. The van der Waals surface area contributed by atoms with E-state index in [1.54, 1.807) is 6.20 Å². The molecule has 0 radical (unpaired) electrons. The van der Waals surface area contributed by atoms with Crippen LogP contribution >= 0.6 is 11.6 Å². The number of nitrogens with zero attached hydrogens (tertiary/aromatic N) is 6. The van der Waals surface area contributed by atoms with Crippen LogP contribution in [0.3, 0.4) is 0 Å². The summed E-state index contributed by atoms with van der Waals surface area (Å²) in [5.74, 6) is 2.12. The fourth-order valence-corrected chi connectivity index (χ4v) is 3.36. The molecule has 0 atom stereocenters. The molecule has 0 aromatic carbocycles. The second-order valence-corrected chi connectivity index (χ2v) is 7.22. The van der Waals surface area contributed by atoms with Gasteiger partial charge in [0, 0.05) is 38.1 Å². The first-order chi connectivity index (χ1) is 13.6. The van der Waals surface area contributed by atoms with Crippen molar-refractivity contribution in [3.05, 3.63) is 35.2 Å². The normalized spacial score (nSPS) is 14.5. The highest BCUT2D eigenvalue weighted by molar-refractivity contribution is 6.32. The first kappa shape index (κ1) is 18.6. The van der Waals surface area contributed by atoms with E-state index in [0.717, 1.165) is 43.3 Å². The second kappa shape index (κ2) is 8.07. The molecule has 28 heavy (non-hydrogen) atoms. The van der Waals surface area contributed by atoms with E-state index in [9.17, 15) is 0 Å². The Bertz CT molecular complexity index is 932. The first-order valence-electron chi connectivity index (χ1n) is 9.25. The minimum atomic E-state index is 0.241. The molecule has 10 heteroatoms. The van der Waals surface area contributed by atoms with Crippen molar-refractivity contribution in [3.63, 3.8) is 0 Å². The predicted molar refractivity (Wildman–Crippen MR) is 109 cm³/mol. The predicted octanol–water partition coefficient (Wildman–Crippen LogP) is 2.59. The molecule has 1 fully saturated rings. The van der Waals surface area contributed by atoms with Gasteiger partial charge in [0.05, 0.1) is 11.3 Å². The molecule has 4 heterocycles. The highest BCUT2D eigenvalue weighted by Crippen LogP contribution is 2.32. The molecule has 1 saturated heterocycles. The van der Waals surface area contributed by atoms with E-state index in [1.165, 1.54) is 0 Å². The third-order valence-electron chi connectivity index (χ3n) is 4.57. The number of rotatable bonds is 5. The number of aromatic amines is 1. The van der Waals surface area contributed by atoms with E-state index in [4.69, 9.17) is 11.6 Å². The van der Waals surface area contributed by atoms with Gasteiger partial charge in [-0.1, -0.05) is 25.4 Å². The van der Waals surface area contributed by atoms with Gasteiger partial charge in [-0.25, -0.2) is 9.97 Å². The lowest BCUT2D eigenvalue weighted by atomic mass is 10.0. The third-order valence-corrected chi connectivity index (χ3v) is 4.84. The van der Waals surface area contributed by atoms with Gasteiger partial charge in [-0.05, 0) is 24.1 Å². The summed E-state index contributed by atoms with van der Waals surface area (Å²) in [6, 6.07) is 5.64. The van der Waals surface area contributed by atoms with Crippen LogP contribution in [0.15, 0.2) is 24.4 Å². The molecule has 3 aromatic rings. The smallest absolute Gasteiger partial charge is 0.228 e. The summed E-state index contributed by atoms with van der Waals surface area (Å²) in [6.07, 6.45) is 1.68. The zero-order valence-corrected chi connectivity index (χ0v) is 16.5. The van der Waals surface area contributed by atoms with E-state index in [1.807, 2.05) is 18.2 Å². The molecule has 9 nitrogen and oxygen atoms in total. The molecular formula is C18H22ClN9. The zero-order valence-electron chi connectivity index (χ0n) is 15.8. The number of nitrogens with one attached hydrogen (secondary N) is 3. The van der Waals surface area contributed by atoms with E-state index in [0.29, 0.717) is 22.6 Å². The van der Waals surface area contributed by atoms with E-state index in [-0.39, 0.29) is 5.92 Å². The van der Waals surface area contributed by atoms with Gasteiger partial charge in [0.25, 0.3) is 0 Å². The van der Waals surface area contributed by atoms with Gasteiger partial charge in [-0.2, -0.15) is 5.10 Å². The summed E-state index contributed by atoms with van der Waals surface area (Å²) in [7, 11) is 0. The van der Waals surface area contributed by atoms with E-state index in [2.05, 4.69) is 59.7 Å². The number of hydrogen-bond donors (Lipinski definition) is 3. The van der Waals surface area contributed by atoms with Crippen LogP contribution in [-0.2, 0) is 0 Å². The quantitative estimate of drug-likeness (QED) is 0.600. The maximum absolute atomic E-state index is 6.27. The molecule has 146 valence electrons. The largest absolute Gasteiger partial charge is 0.353 e. The summed E-state index contributed by atoms with van der Waals surface area (Å²) in [6.45, 7) is 7.91. The Labute approximate surface area is 168 Å². The third kappa shape index (κ3) is 3.90. The van der Waals surface area contributed by atoms with Gasteiger partial charge in [-0.15, -0.1) is 10.2 Å². The molecular weight excluding hydrogens is 378 g/mol. The van der Waals surface area contributed by atoms with Gasteiger partial charge in [0.1, 0.15) is 0 Å². The van der Waals surface area contributed by atoms with Crippen molar-refractivity contribution in [2.75, 3.05) is 36.4 Å². The Balaban J connectivity index is 1.53. The molecule has 0 bridgehead atoms. The molecule has 0 aliphatic carbocycles. The number of anilines is 3. The maximum atomic E-state index is 6.27. The molecule has 0 spiro atoms. The standard InChI is InChI=1S/C18H22ClN9/c1-11(2)16-15(17(19)27-26-16)12-5-6-21-18(22-12)23-13-3-4-14(25-24-13)28-9-7-20-8-10-28/h3-6,11,20H,7-10H2,1-2H3,(H,26,27)(H,21,22,23,24). The highest BCUT2D eigenvalue weighted by Gasteiger charge is 2.18. The first-order valence-corrected chi connectivity index (χ1v) is 9.63. The van der Waals surface area contributed by atoms with Crippen molar-refractivity contribution in [1.82, 2.24) is 35.7 Å². The lowest BCUT2D eigenvalue weighted by Crippen LogP contribution is -2.43. The Morgan fingerprint density at radius 1 is 1.14 bits per heavy atom. The summed E-state index contributed by atoms with van der Waals surface area (Å²) in [5, 5.41) is 22.5. The molecule has 0 saturated carbocycles. The fraction of sp³-hybridized carbons (Fsp3) is 0.389. The average molecular weight is 400 g/mol.